The molecular weight excluding hydrogens is 278 g/mol. The van der Waals surface area contributed by atoms with Crippen LogP contribution in [0.5, 0.6) is 0 Å². The number of likely N-dealkylation sites (N-methyl/N-ethyl adjacent to an activating group) is 1. The lowest BCUT2D eigenvalue weighted by Crippen LogP contribution is -2.45. The van der Waals surface area contributed by atoms with E-state index in [9.17, 15) is 13.2 Å². The van der Waals surface area contributed by atoms with Crippen molar-refractivity contribution in [2.75, 3.05) is 19.3 Å². The second kappa shape index (κ2) is 5.80. The number of nitrogens with two attached hydrogens (primary N) is 1. The average Bonchev–Trinajstić information content (AvgIpc) is 2.90. The lowest BCUT2D eigenvalue weighted by atomic mass is 10.2. The molecule has 6 nitrogen and oxygen atoms in total. The summed E-state index contributed by atoms with van der Waals surface area (Å²) in [6.07, 6.45) is 1.28. The first-order valence-corrected chi connectivity index (χ1v) is 8.10. The van der Waals surface area contributed by atoms with Gasteiger partial charge in [0.25, 0.3) is 0 Å². The molecule has 1 heterocycles. The van der Waals surface area contributed by atoms with Gasteiger partial charge in [0, 0.05) is 19.3 Å². The van der Waals surface area contributed by atoms with Gasteiger partial charge in [0.1, 0.15) is 6.04 Å². The highest BCUT2D eigenvalue weighted by Crippen LogP contribution is 2.23. The van der Waals surface area contributed by atoms with Gasteiger partial charge in [-0.25, -0.2) is 8.42 Å². The zero-order chi connectivity index (χ0) is 14.8. The second-order valence-corrected chi connectivity index (χ2v) is 6.80. The van der Waals surface area contributed by atoms with Gasteiger partial charge >= 0.3 is 0 Å². The van der Waals surface area contributed by atoms with Gasteiger partial charge in [-0.15, -0.1) is 0 Å². The minimum Gasteiger partial charge on any atom is -0.399 e. The molecule has 110 valence electrons. The van der Waals surface area contributed by atoms with E-state index in [0.29, 0.717) is 30.6 Å². The Morgan fingerprint density at radius 2 is 2.05 bits per heavy atom. The third-order valence-electron chi connectivity index (χ3n) is 3.44. The fraction of sp³-hybridized carbons (Fsp3) is 0.462. The molecule has 0 saturated carbocycles. The zero-order valence-corrected chi connectivity index (χ0v) is 12.2. The Balaban J connectivity index is 2.17. The number of hydrogen-bond acceptors (Lipinski definition) is 4. The molecule has 20 heavy (non-hydrogen) atoms. The van der Waals surface area contributed by atoms with Crippen LogP contribution in [0.1, 0.15) is 18.4 Å². The van der Waals surface area contributed by atoms with E-state index in [1.807, 2.05) is 0 Å². The third-order valence-corrected chi connectivity index (χ3v) is 5.29. The Hall–Kier alpha value is -1.60. The highest BCUT2D eigenvalue weighted by atomic mass is 32.2. The van der Waals surface area contributed by atoms with Crippen LogP contribution in [-0.2, 0) is 20.6 Å². The van der Waals surface area contributed by atoms with Crippen LogP contribution in [0.4, 0.5) is 5.69 Å². The van der Waals surface area contributed by atoms with Crippen LogP contribution in [-0.4, -0.2) is 38.3 Å². The van der Waals surface area contributed by atoms with Crippen LogP contribution >= 0.6 is 0 Å². The molecule has 1 aliphatic heterocycles. The molecule has 1 fully saturated rings. The number of rotatable bonds is 4. The fourth-order valence-corrected chi connectivity index (χ4v) is 4.18. The second-order valence-electron chi connectivity index (χ2n) is 4.88. The van der Waals surface area contributed by atoms with Gasteiger partial charge in [-0.05, 0) is 30.5 Å². The third kappa shape index (κ3) is 3.10. The van der Waals surface area contributed by atoms with Crippen LogP contribution in [0, 0.1) is 0 Å². The van der Waals surface area contributed by atoms with Crippen LogP contribution in [0.25, 0.3) is 0 Å². The number of amides is 1. The Kier molecular flexibility index (Phi) is 4.29. The van der Waals surface area contributed by atoms with Crippen molar-refractivity contribution in [3.05, 3.63) is 29.8 Å². The van der Waals surface area contributed by atoms with Gasteiger partial charge in [-0.1, -0.05) is 12.1 Å². The molecule has 0 aliphatic carbocycles. The van der Waals surface area contributed by atoms with Gasteiger partial charge in [0.2, 0.25) is 15.9 Å². The molecule has 0 spiro atoms. The van der Waals surface area contributed by atoms with Crippen molar-refractivity contribution >= 4 is 21.6 Å². The van der Waals surface area contributed by atoms with E-state index in [-0.39, 0.29) is 11.7 Å². The van der Waals surface area contributed by atoms with E-state index < -0.39 is 16.1 Å². The van der Waals surface area contributed by atoms with Crippen molar-refractivity contribution in [1.29, 1.82) is 0 Å². The van der Waals surface area contributed by atoms with Gasteiger partial charge in [-0.3, -0.25) is 4.79 Å². The molecule has 2 rings (SSSR count). The van der Waals surface area contributed by atoms with E-state index in [1.165, 1.54) is 11.4 Å². The Morgan fingerprint density at radius 1 is 1.40 bits per heavy atom. The summed E-state index contributed by atoms with van der Waals surface area (Å²) in [5, 5.41) is 2.52. The fourth-order valence-electron chi connectivity index (χ4n) is 2.41. The minimum absolute atomic E-state index is 0.110. The maximum absolute atomic E-state index is 12.4. The van der Waals surface area contributed by atoms with Gasteiger partial charge in [0.05, 0.1) is 5.75 Å². The Labute approximate surface area is 119 Å². The SMILES string of the molecule is CNC(=O)C1CCCN1S(=O)(=O)Cc1ccc(N)cc1. The zero-order valence-electron chi connectivity index (χ0n) is 11.4. The molecule has 1 aromatic carbocycles. The highest BCUT2D eigenvalue weighted by molar-refractivity contribution is 7.88. The molecule has 0 aromatic heterocycles. The molecule has 7 heteroatoms. The number of nitrogens with zero attached hydrogens (tertiary/aromatic N) is 1. The standard InChI is InChI=1S/C13H19N3O3S/c1-15-13(17)12-3-2-8-16(12)20(18,19)9-10-4-6-11(14)7-5-10/h4-7,12H,2-3,8-9,14H2,1H3,(H,15,17). The number of anilines is 1. The predicted molar refractivity (Wildman–Crippen MR) is 77.3 cm³/mol. The van der Waals surface area contributed by atoms with Crippen molar-refractivity contribution < 1.29 is 13.2 Å². The quantitative estimate of drug-likeness (QED) is 0.782. The van der Waals surface area contributed by atoms with E-state index in [1.54, 1.807) is 24.3 Å². The summed E-state index contributed by atoms with van der Waals surface area (Å²) in [4.78, 5) is 11.7. The molecule has 0 radical (unpaired) electrons. The Morgan fingerprint density at radius 3 is 2.65 bits per heavy atom. The Bertz CT molecular complexity index is 583. The maximum Gasteiger partial charge on any atom is 0.238 e. The smallest absolute Gasteiger partial charge is 0.238 e. The predicted octanol–water partition coefficient (Wildman–Crippen LogP) is 0.309. The van der Waals surface area contributed by atoms with E-state index in [2.05, 4.69) is 5.32 Å². The normalized spacial score (nSPS) is 19.9. The topological polar surface area (TPSA) is 92.5 Å². The summed E-state index contributed by atoms with van der Waals surface area (Å²) in [5.41, 5.74) is 6.84. The molecular formula is C13H19N3O3S. The average molecular weight is 297 g/mol. The molecule has 1 saturated heterocycles. The monoisotopic (exact) mass is 297 g/mol. The minimum atomic E-state index is -3.50. The van der Waals surface area contributed by atoms with Gasteiger partial charge < -0.3 is 11.1 Å². The van der Waals surface area contributed by atoms with Crippen LogP contribution in [0.2, 0.25) is 0 Å². The summed E-state index contributed by atoms with van der Waals surface area (Å²) in [6.45, 7) is 0.398. The van der Waals surface area contributed by atoms with Crippen LogP contribution in [0.3, 0.4) is 0 Å². The molecule has 1 amide bonds. The molecule has 1 aromatic rings. The van der Waals surface area contributed by atoms with Gasteiger partial charge in [0.15, 0.2) is 0 Å². The molecule has 0 bridgehead atoms. The van der Waals surface area contributed by atoms with E-state index in [0.717, 1.165) is 0 Å². The summed E-state index contributed by atoms with van der Waals surface area (Å²) in [5.74, 6) is -0.357. The first kappa shape index (κ1) is 14.8. The number of nitrogen functional groups attached to an aromatic ring is 1. The van der Waals surface area contributed by atoms with Crippen molar-refractivity contribution in [1.82, 2.24) is 9.62 Å². The van der Waals surface area contributed by atoms with Crippen molar-refractivity contribution in [3.63, 3.8) is 0 Å². The number of nitrogens with one attached hydrogen (secondary N) is 1. The first-order chi connectivity index (χ1) is 9.44. The van der Waals surface area contributed by atoms with E-state index >= 15 is 0 Å². The number of hydrogen-bond donors (Lipinski definition) is 2. The van der Waals surface area contributed by atoms with Crippen molar-refractivity contribution in [3.8, 4) is 0 Å². The maximum atomic E-state index is 12.4. The largest absolute Gasteiger partial charge is 0.399 e. The summed E-state index contributed by atoms with van der Waals surface area (Å²) in [6, 6.07) is 6.14. The number of benzene rings is 1. The first-order valence-electron chi connectivity index (χ1n) is 6.49. The summed E-state index contributed by atoms with van der Waals surface area (Å²) < 4.78 is 26.2. The van der Waals surface area contributed by atoms with Crippen LogP contribution < -0.4 is 11.1 Å². The molecule has 1 atom stereocenters. The molecule has 1 unspecified atom stereocenters. The van der Waals surface area contributed by atoms with E-state index in [4.69, 9.17) is 5.73 Å². The van der Waals surface area contributed by atoms with Crippen LogP contribution in [0.15, 0.2) is 24.3 Å². The number of sulfonamides is 1. The molecule has 1 aliphatic rings. The van der Waals surface area contributed by atoms with Crippen molar-refractivity contribution in [2.45, 2.75) is 24.6 Å². The van der Waals surface area contributed by atoms with Gasteiger partial charge in [-0.2, -0.15) is 4.31 Å². The van der Waals surface area contributed by atoms with Crippen molar-refractivity contribution in [2.24, 2.45) is 0 Å². The highest BCUT2D eigenvalue weighted by Gasteiger charge is 2.37. The number of carbonyl (C=O) groups excluding carboxylic acids is 1. The summed E-state index contributed by atoms with van der Waals surface area (Å²) in [7, 11) is -1.98. The lowest BCUT2D eigenvalue weighted by Gasteiger charge is -2.22. The molecule has 3 N–H and O–H groups in total. The lowest BCUT2D eigenvalue weighted by molar-refractivity contribution is -0.123. The number of carbonyl (C=O) groups is 1. The summed E-state index contributed by atoms with van der Waals surface area (Å²) >= 11 is 0.